The minimum Gasteiger partial charge on any atom is -0.496 e. The fourth-order valence-electron chi connectivity index (χ4n) is 1.50. The van der Waals surface area contributed by atoms with E-state index in [0.717, 1.165) is 11.3 Å². The first-order valence-electron chi connectivity index (χ1n) is 5.21. The summed E-state index contributed by atoms with van der Waals surface area (Å²) in [6, 6.07) is 5.40. The molecule has 0 amide bonds. The lowest BCUT2D eigenvalue weighted by molar-refractivity contribution is -0.131. The van der Waals surface area contributed by atoms with Gasteiger partial charge in [0.2, 0.25) is 0 Å². The Balaban J connectivity index is 3.16. The molecule has 16 heavy (non-hydrogen) atoms. The molecule has 1 aromatic rings. The number of rotatable bonds is 2. The summed E-state index contributed by atoms with van der Waals surface area (Å²) in [5.74, 6) is 1.05. The van der Waals surface area contributed by atoms with E-state index in [1.54, 1.807) is 13.2 Å². The Labute approximate surface area is 96.4 Å². The molecule has 1 rings (SSSR count). The molecule has 0 aliphatic carbocycles. The second-order valence-electron chi connectivity index (χ2n) is 4.71. The zero-order valence-corrected chi connectivity index (χ0v) is 10.5. The van der Waals surface area contributed by atoms with Gasteiger partial charge in [0.1, 0.15) is 11.5 Å². The van der Waals surface area contributed by atoms with Gasteiger partial charge in [-0.25, -0.2) is 0 Å². The molecule has 0 bridgehead atoms. The number of carbonyl (C=O) groups is 1. The minimum atomic E-state index is -0.315. The maximum Gasteiger partial charge on any atom is 0.308 e. The maximum atomic E-state index is 10.9. The van der Waals surface area contributed by atoms with Gasteiger partial charge in [0.05, 0.1) is 7.11 Å². The van der Waals surface area contributed by atoms with Gasteiger partial charge in [-0.3, -0.25) is 4.79 Å². The van der Waals surface area contributed by atoms with Crippen molar-refractivity contribution in [3.05, 3.63) is 23.8 Å². The van der Waals surface area contributed by atoms with Crippen molar-refractivity contribution in [2.45, 2.75) is 33.1 Å². The van der Waals surface area contributed by atoms with E-state index in [1.807, 2.05) is 12.1 Å². The van der Waals surface area contributed by atoms with Crippen LogP contribution in [0.5, 0.6) is 11.5 Å². The summed E-state index contributed by atoms with van der Waals surface area (Å²) in [6.45, 7) is 7.65. The van der Waals surface area contributed by atoms with E-state index in [1.165, 1.54) is 6.92 Å². The van der Waals surface area contributed by atoms with Gasteiger partial charge >= 0.3 is 5.97 Å². The molecule has 3 heteroatoms. The summed E-state index contributed by atoms with van der Waals surface area (Å²) in [6.07, 6.45) is 0. The molecule has 0 unspecified atom stereocenters. The summed E-state index contributed by atoms with van der Waals surface area (Å²) < 4.78 is 10.3. The van der Waals surface area contributed by atoms with Crippen LogP contribution < -0.4 is 9.47 Å². The molecule has 0 aliphatic heterocycles. The molecule has 0 heterocycles. The third-order valence-corrected chi connectivity index (χ3v) is 2.24. The highest BCUT2D eigenvalue weighted by atomic mass is 16.5. The van der Waals surface area contributed by atoms with E-state index in [9.17, 15) is 4.79 Å². The monoisotopic (exact) mass is 222 g/mol. The number of hydrogen-bond acceptors (Lipinski definition) is 3. The third-order valence-electron chi connectivity index (χ3n) is 2.24. The van der Waals surface area contributed by atoms with Crippen molar-refractivity contribution in [2.24, 2.45) is 0 Å². The summed E-state index contributed by atoms with van der Waals surface area (Å²) in [7, 11) is 1.63. The van der Waals surface area contributed by atoms with E-state index in [2.05, 4.69) is 20.8 Å². The Morgan fingerprint density at radius 3 is 2.31 bits per heavy atom. The van der Waals surface area contributed by atoms with Crippen LogP contribution in [-0.2, 0) is 10.2 Å². The number of ether oxygens (including phenoxy) is 2. The molecular formula is C13H18O3. The predicted molar refractivity (Wildman–Crippen MR) is 63.0 cm³/mol. The zero-order chi connectivity index (χ0) is 12.3. The fourth-order valence-corrected chi connectivity index (χ4v) is 1.50. The third kappa shape index (κ3) is 2.99. The molecule has 0 atom stereocenters. The van der Waals surface area contributed by atoms with Gasteiger partial charge in [-0.2, -0.15) is 0 Å². The largest absolute Gasteiger partial charge is 0.496 e. The van der Waals surface area contributed by atoms with E-state index >= 15 is 0 Å². The van der Waals surface area contributed by atoms with Gasteiger partial charge in [0.15, 0.2) is 0 Å². The summed E-state index contributed by atoms with van der Waals surface area (Å²) in [4.78, 5) is 10.9. The molecule has 3 nitrogen and oxygen atoms in total. The molecule has 0 saturated carbocycles. The SMILES string of the molecule is COc1ccc(OC(C)=O)cc1C(C)(C)C. The van der Waals surface area contributed by atoms with Crippen molar-refractivity contribution in [1.82, 2.24) is 0 Å². The first kappa shape index (κ1) is 12.6. The van der Waals surface area contributed by atoms with Gasteiger partial charge in [-0.1, -0.05) is 20.8 Å². The van der Waals surface area contributed by atoms with E-state index in [0.29, 0.717) is 5.75 Å². The van der Waals surface area contributed by atoms with Crippen LogP contribution in [-0.4, -0.2) is 13.1 Å². The van der Waals surface area contributed by atoms with E-state index in [4.69, 9.17) is 9.47 Å². The number of carbonyl (C=O) groups excluding carboxylic acids is 1. The molecular weight excluding hydrogens is 204 g/mol. The highest BCUT2D eigenvalue weighted by molar-refractivity contribution is 5.69. The molecule has 88 valence electrons. The summed E-state index contributed by atoms with van der Waals surface area (Å²) in [5, 5.41) is 0. The average Bonchev–Trinajstić information content (AvgIpc) is 2.15. The van der Waals surface area contributed by atoms with E-state index in [-0.39, 0.29) is 11.4 Å². The zero-order valence-electron chi connectivity index (χ0n) is 10.5. The highest BCUT2D eigenvalue weighted by Crippen LogP contribution is 2.34. The smallest absolute Gasteiger partial charge is 0.308 e. The van der Waals surface area contributed by atoms with Crippen molar-refractivity contribution in [2.75, 3.05) is 7.11 Å². The second-order valence-corrected chi connectivity index (χ2v) is 4.71. The van der Waals surface area contributed by atoms with Crippen LogP contribution in [0.3, 0.4) is 0 Å². The molecule has 0 radical (unpaired) electrons. The molecule has 0 fully saturated rings. The molecule has 0 saturated heterocycles. The lowest BCUT2D eigenvalue weighted by Crippen LogP contribution is -2.13. The van der Waals surface area contributed by atoms with E-state index < -0.39 is 0 Å². The van der Waals surface area contributed by atoms with Crippen molar-refractivity contribution in [1.29, 1.82) is 0 Å². The quantitative estimate of drug-likeness (QED) is 0.570. The van der Waals surface area contributed by atoms with Crippen LogP contribution in [0.4, 0.5) is 0 Å². The fraction of sp³-hybridized carbons (Fsp3) is 0.462. The number of hydrogen-bond donors (Lipinski definition) is 0. The van der Waals surface area contributed by atoms with Gasteiger partial charge in [-0.15, -0.1) is 0 Å². The van der Waals surface area contributed by atoms with Gasteiger partial charge < -0.3 is 9.47 Å². The van der Waals surface area contributed by atoms with Crippen molar-refractivity contribution < 1.29 is 14.3 Å². The van der Waals surface area contributed by atoms with Gasteiger partial charge in [-0.05, 0) is 23.6 Å². The van der Waals surface area contributed by atoms with Crippen LogP contribution in [0.1, 0.15) is 33.3 Å². The normalized spacial score (nSPS) is 11.1. The van der Waals surface area contributed by atoms with Crippen molar-refractivity contribution in [3.8, 4) is 11.5 Å². The Bertz CT molecular complexity index is 389. The highest BCUT2D eigenvalue weighted by Gasteiger charge is 2.19. The lowest BCUT2D eigenvalue weighted by Gasteiger charge is -2.22. The van der Waals surface area contributed by atoms with Crippen LogP contribution in [0.25, 0.3) is 0 Å². The van der Waals surface area contributed by atoms with Crippen LogP contribution in [0, 0.1) is 0 Å². The Kier molecular flexibility index (Phi) is 3.58. The molecule has 0 aliphatic rings. The van der Waals surface area contributed by atoms with Crippen molar-refractivity contribution in [3.63, 3.8) is 0 Å². The Hall–Kier alpha value is -1.51. The van der Waals surface area contributed by atoms with Crippen molar-refractivity contribution >= 4 is 5.97 Å². The van der Waals surface area contributed by atoms with Crippen LogP contribution >= 0.6 is 0 Å². The van der Waals surface area contributed by atoms with Gasteiger partial charge in [0.25, 0.3) is 0 Å². The Morgan fingerprint density at radius 2 is 1.88 bits per heavy atom. The molecule has 0 spiro atoms. The summed E-state index contributed by atoms with van der Waals surface area (Å²) >= 11 is 0. The minimum absolute atomic E-state index is 0.0541. The first-order chi connectivity index (χ1) is 7.34. The standard InChI is InChI=1S/C13H18O3/c1-9(14)16-10-6-7-12(15-5)11(8-10)13(2,3)4/h6-8H,1-5H3. The second kappa shape index (κ2) is 4.56. The number of esters is 1. The summed E-state index contributed by atoms with van der Waals surface area (Å²) in [5.41, 5.74) is 0.968. The van der Waals surface area contributed by atoms with Crippen LogP contribution in [0.15, 0.2) is 18.2 Å². The molecule has 0 N–H and O–H groups in total. The maximum absolute atomic E-state index is 10.9. The average molecular weight is 222 g/mol. The first-order valence-corrected chi connectivity index (χ1v) is 5.21. The molecule has 0 aromatic heterocycles. The Morgan fingerprint density at radius 1 is 1.25 bits per heavy atom. The molecule has 1 aromatic carbocycles. The number of benzene rings is 1. The van der Waals surface area contributed by atoms with Gasteiger partial charge in [0, 0.05) is 12.5 Å². The number of methoxy groups -OCH3 is 1. The predicted octanol–water partition coefficient (Wildman–Crippen LogP) is 2.92. The van der Waals surface area contributed by atoms with Crippen LogP contribution in [0.2, 0.25) is 0 Å². The lowest BCUT2D eigenvalue weighted by atomic mass is 9.86. The topological polar surface area (TPSA) is 35.5 Å².